The molecular formula is C10H12N2. The monoisotopic (exact) mass is 160 g/mol. The molecule has 0 spiro atoms. The molecule has 0 aliphatic carbocycles. The van der Waals surface area contributed by atoms with Gasteiger partial charge in [-0.2, -0.15) is 5.26 Å². The lowest BCUT2D eigenvalue weighted by atomic mass is 10.2. The van der Waals surface area contributed by atoms with Crippen LogP contribution in [0.3, 0.4) is 0 Å². The molecule has 0 unspecified atom stereocenters. The van der Waals surface area contributed by atoms with E-state index in [2.05, 4.69) is 17.9 Å². The van der Waals surface area contributed by atoms with Crippen LogP contribution < -0.4 is 4.90 Å². The molecule has 0 N–H and O–H groups in total. The maximum atomic E-state index is 8.65. The predicted octanol–water partition coefficient (Wildman–Crippen LogP) is 2.01. The fourth-order valence-electron chi connectivity index (χ4n) is 0.995. The number of benzene rings is 1. The Bertz CT molecular complexity index is 299. The molecule has 2 heteroatoms. The van der Waals surface area contributed by atoms with Crippen LogP contribution in [-0.2, 0) is 0 Å². The van der Waals surface area contributed by atoms with Crippen LogP contribution in [0.25, 0.3) is 0 Å². The van der Waals surface area contributed by atoms with Crippen molar-refractivity contribution < 1.29 is 0 Å². The van der Waals surface area contributed by atoms with Crippen LogP contribution in [0, 0.1) is 11.3 Å². The van der Waals surface area contributed by atoms with Crippen molar-refractivity contribution in [2.75, 3.05) is 18.5 Å². The Morgan fingerprint density at radius 2 is 2.25 bits per heavy atom. The van der Waals surface area contributed by atoms with Crippen molar-refractivity contribution in [2.45, 2.75) is 6.92 Å². The first kappa shape index (κ1) is 8.61. The highest BCUT2D eigenvalue weighted by molar-refractivity contribution is 5.50. The van der Waals surface area contributed by atoms with Crippen LogP contribution in [0.15, 0.2) is 24.3 Å². The minimum absolute atomic E-state index is 0.716. The molecule has 0 aromatic heterocycles. The lowest BCUT2D eigenvalue weighted by Crippen LogP contribution is -2.15. The molecule has 12 heavy (non-hydrogen) atoms. The van der Waals surface area contributed by atoms with Gasteiger partial charge in [0, 0.05) is 19.3 Å². The van der Waals surface area contributed by atoms with E-state index in [-0.39, 0.29) is 0 Å². The van der Waals surface area contributed by atoms with Crippen molar-refractivity contribution in [3.63, 3.8) is 0 Å². The van der Waals surface area contributed by atoms with Crippen molar-refractivity contribution in [3.8, 4) is 6.07 Å². The Kier molecular flexibility index (Phi) is 2.71. The molecule has 1 aromatic rings. The fraction of sp³-hybridized carbons (Fsp3) is 0.300. The SMILES string of the molecule is CCN(C)c1cccc(C#N)c1. The quantitative estimate of drug-likeness (QED) is 0.661. The topological polar surface area (TPSA) is 27.0 Å². The third-order valence-electron chi connectivity index (χ3n) is 1.89. The zero-order valence-corrected chi connectivity index (χ0v) is 7.41. The second-order valence-corrected chi connectivity index (χ2v) is 2.68. The Hall–Kier alpha value is -1.49. The molecule has 0 bridgehead atoms. The molecule has 0 aliphatic heterocycles. The smallest absolute Gasteiger partial charge is 0.0992 e. The summed E-state index contributed by atoms with van der Waals surface area (Å²) in [4.78, 5) is 2.10. The molecule has 0 saturated heterocycles. The molecule has 62 valence electrons. The van der Waals surface area contributed by atoms with Crippen LogP contribution in [0.4, 0.5) is 5.69 Å². The molecule has 1 aromatic carbocycles. The third-order valence-corrected chi connectivity index (χ3v) is 1.89. The third kappa shape index (κ3) is 1.76. The van der Waals surface area contributed by atoms with Crippen molar-refractivity contribution in [3.05, 3.63) is 29.8 Å². The Morgan fingerprint density at radius 1 is 1.50 bits per heavy atom. The van der Waals surface area contributed by atoms with Crippen molar-refractivity contribution >= 4 is 5.69 Å². The molecule has 1 rings (SSSR count). The van der Waals surface area contributed by atoms with Crippen molar-refractivity contribution in [2.24, 2.45) is 0 Å². The van der Waals surface area contributed by atoms with Crippen LogP contribution in [0.2, 0.25) is 0 Å². The molecule has 0 radical (unpaired) electrons. The largest absolute Gasteiger partial charge is 0.375 e. The number of rotatable bonds is 2. The minimum Gasteiger partial charge on any atom is -0.375 e. The maximum Gasteiger partial charge on any atom is 0.0992 e. The first-order chi connectivity index (χ1) is 5.77. The van der Waals surface area contributed by atoms with E-state index in [1.807, 2.05) is 31.3 Å². The summed E-state index contributed by atoms with van der Waals surface area (Å²) in [6.45, 7) is 3.04. The zero-order chi connectivity index (χ0) is 8.97. The van der Waals surface area contributed by atoms with Gasteiger partial charge in [0.15, 0.2) is 0 Å². The van der Waals surface area contributed by atoms with Gasteiger partial charge in [-0.15, -0.1) is 0 Å². The number of nitriles is 1. The summed E-state index contributed by atoms with van der Waals surface area (Å²) in [7, 11) is 2.01. The molecule has 0 saturated carbocycles. The van der Waals surface area contributed by atoms with Crippen molar-refractivity contribution in [1.82, 2.24) is 0 Å². The second kappa shape index (κ2) is 3.77. The van der Waals surface area contributed by atoms with Crippen molar-refractivity contribution in [1.29, 1.82) is 5.26 Å². The average molecular weight is 160 g/mol. The molecule has 0 heterocycles. The summed E-state index contributed by atoms with van der Waals surface area (Å²) < 4.78 is 0. The van der Waals surface area contributed by atoms with E-state index in [4.69, 9.17) is 5.26 Å². The Balaban J connectivity index is 2.95. The normalized spacial score (nSPS) is 9.08. The average Bonchev–Trinajstić information content (AvgIpc) is 2.17. The van der Waals surface area contributed by atoms with Gasteiger partial charge < -0.3 is 4.90 Å². The second-order valence-electron chi connectivity index (χ2n) is 2.68. The zero-order valence-electron chi connectivity index (χ0n) is 7.41. The summed E-state index contributed by atoms with van der Waals surface area (Å²) in [5, 5.41) is 8.65. The van der Waals surface area contributed by atoms with Gasteiger partial charge in [0.05, 0.1) is 11.6 Å². The van der Waals surface area contributed by atoms with Crippen LogP contribution in [0.5, 0.6) is 0 Å². The molecule has 0 atom stereocenters. The van der Waals surface area contributed by atoms with E-state index in [9.17, 15) is 0 Å². The predicted molar refractivity (Wildman–Crippen MR) is 50.1 cm³/mol. The molecule has 2 nitrogen and oxygen atoms in total. The van der Waals surface area contributed by atoms with E-state index in [1.54, 1.807) is 0 Å². The first-order valence-electron chi connectivity index (χ1n) is 3.99. The lowest BCUT2D eigenvalue weighted by Gasteiger charge is -2.16. The molecule has 0 fully saturated rings. The van der Waals surface area contributed by atoms with Gasteiger partial charge in [-0.25, -0.2) is 0 Å². The summed E-state index contributed by atoms with van der Waals surface area (Å²) >= 11 is 0. The Morgan fingerprint density at radius 3 is 2.83 bits per heavy atom. The highest BCUT2D eigenvalue weighted by Gasteiger charge is 1.97. The molecular weight excluding hydrogens is 148 g/mol. The van der Waals surface area contributed by atoms with E-state index in [1.165, 1.54) is 0 Å². The first-order valence-corrected chi connectivity index (χ1v) is 3.99. The molecule has 0 amide bonds. The number of anilines is 1. The molecule has 0 aliphatic rings. The van der Waals surface area contributed by atoms with E-state index in [0.717, 1.165) is 12.2 Å². The summed E-state index contributed by atoms with van der Waals surface area (Å²) in [6.07, 6.45) is 0. The summed E-state index contributed by atoms with van der Waals surface area (Å²) in [5.41, 5.74) is 1.81. The van der Waals surface area contributed by atoms with Crippen LogP contribution >= 0.6 is 0 Å². The highest BCUT2D eigenvalue weighted by atomic mass is 15.1. The minimum atomic E-state index is 0.716. The number of hydrogen-bond acceptors (Lipinski definition) is 2. The number of nitrogens with zero attached hydrogens (tertiary/aromatic N) is 2. The summed E-state index contributed by atoms with van der Waals surface area (Å²) in [6, 6.07) is 9.73. The van der Waals surface area contributed by atoms with E-state index in [0.29, 0.717) is 5.56 Å². The van der Waals surface area contributed by atoms with Gasteiger partial charge in [-0.05, 0) is 25.1 Å². The van der Waals surface area contributed by atoms with Gasteiger partial charge >= 0.3 is 0 Å². The Labute approximate surface area is 73.0 Å². The highest BCUT2D eigenvalue weighted by Crippen LogP contribution is 2.13. The maximum absolute atomic E-state index is 8.65. The van der Waals surface area contributed by atoms with Gasteiger partial charge in [0.2, 0.25) is 0 Å². The van der Waals surface area contributed by atoms with E-state index < -0.39 is 0 Å². The fourth-order valence-corrected chi connectivity index (χ4v) is 0.995. The van der Waals surface area contributed by atoms with Crippen LogP contribution in [0.1, 0.15) is 12.5 Å². The number of hydrogen-bond donors (Lipinski definition) is 0. The standard InChI is InChI=1S/C10H12N2/c1-3-12(2)10-6-4-5-9(7-10)8-11/h4-7H,3H2,1-2H3. The van der Waals surface area contributed by atoms with E-state index >= 15 is 0 Å². The van der Waals surface area contributed by atoms with Gasteiger partial charge in [0.25, 0.3) is 0 Å². The van der Waals surface area contributed by atoms with Gasteiger partial charge in [-0.3, -0.25) is 0 Å². The van der Waals surface area contributed by atoms with Gasteiger partial charge in [0.1, 0.15) is 0 Å². The van der Waals surface area contributed by atoms with Crippen LogP contribution in [-0.4, -0.2) is 13.6 Å². The summed E-state index contributed by atoms with van der Waals surface area (Å²) in [5.74, 6) is 0. The van der Waals surface area contributed by atoms with Gasteiger partial charge in [-0.1, -0.05) is 6.07 Å². The lowest BCUT2D eigenvalue weighted by molar-refractivity contribution is 0.968.